The molecule has 0 radical (unpaired) electrons. The van der Waals surface area contributed by atoms with E-state index in [0.717, 1.165) is 36.0 Å². The van der Waals surface area contributed by atoms with E-state index in [-0.39, 0.29) is 5.91 Å². The third-order valence-corrected chi connectivity index (χ3v) is 5.72. The van der Waals surface area contributed by atoms with Crippen LogP contribution < -0.4 is 9.47 Å². The Morgan fingerprint density at radius 2 is 2.00 bits per heavy atom. The topological polar surface area (TPSA) is 51.1 Å². The van der Waals surface area contributed by atoms with E-state index in [2.05, 4.69) is 23.7 Å². The Hall–Kier alpha value is -1.95. The Balaban J connectivity index is 1.68. The minimum absolute atomic E-state index is 0.156. The minimum atomic E-state index is -0.156. The molecule has 1 fully saturated rings. The van der Waals surface area contributed by atoms with E-state index in [9.17, 15) is 4.79 Å². The summed E-state index contributed by atoms with van der Waals surface area (Å²) in [6.45, 7) is 6.99. The van der Waals surface area contributed by atoms with Gasteiger partial charge < -0.3 is 14.4 Å². The minimum Gasteiger partial charge on any atom is -0.493 e. The van der Waals surface area contributed by atoms with Crippen molar-refractivity contribution in [3.05, 3.63) is 28.7 Å². The first-order valence-corrected chi connectivity index (χ1v) is 10.5. The molecule has 0 N–H and O–H groups in total. The third kappa shape index (κ3) is 5.28. The van der Waals surface area contributed by atoms with Gasteiger partial charge in [-0.05, 0) is 67.1 Å². The fourth-order valence-electron chi connectivity index (χ4n) is 3.07. The summed E-state index contributed by atoms with van der Waals surface area (Å²) < 4.78 is 11.3. The molecule has 1 saturated heterocycles. The molecule has 27 heavy (non-hydrogen) atoms. The SMILES string of the molecule is COc1cc(/C=C2\SC(N3CCCCC3)=NC2=O)ccc1OCCC(C)C. The van der Waals surface area contributed by atoms with Crippen molar-refractivity contribution < 1.29 is 14.3 Å². The summed E-state index contributed by atoms with van der Waals surface area (Å²) in [5.74, 6) is 1.85. The van der Waals surface area contributed by atoms with Gasteiger partial charge in [0.25, 0.3) is 5.91 Å². The molecule has 0 spiro atoms. The van der Waals surface area contributed by atoms with Crippen LogP contribution in [0.15, 0.2) is 28.1 Å². The molecule has 3 rings (SSSR count). The van der Waals surface area contributed by atoms with Gasteiger partial charge in [0, 0.05) is 13.1 Å². The first-order valence-electron chi connectivity index (χ1n) is 9.65. The van der Waals surface area contributed by atoms with Gasteiger partial charge >= 0.3 is 0 Å². The number of carbonyl (C=O) groups is 1. The quantitative estimate of drug-likeness (QED) is 0.668. The smallest absolute Gasteiger partial charge is 0.286 e. The average Bonchev–Trinajstić information content (AvgIpc) is 3.03. The number of amides is 1. The van der Waals surface area contributed by atoms with Crippen LogP contribution >= 0.6 is 11.8 Å². The van der Waals surface area contributed by atoms with Crippen molar-refractivity contribution in [1.29, 1.82) is 0 Å². The lowest BCUT2D eigenvalue weighted by atomic mass is 10.1. The van der Waals surface area contributed by atoms with Gasteiger partial charge in [-0.2, -0.15) is 4.99 Å². The number of thioether (sulfide) groups is 1. The molecule has 1 aromatic rings. The van der Waals surface area contributed by atoms with Crippen LogP contribution in [0.5, 0.6) is 11.5 Å². The zero-order valence-corrected chi connectivity index (χ0v) is 17.2. The maximum atomic E-state index is 12.3. The lowest BCUT2D eigenvalue weighted by molar-refractivity contribution is -0.113. The molecule has 5 nitrogen and oxygen atoms in total. The molecule has 0 aromatic heterocycles. The van der Waals surface area contributed by atoms with Gasteiger partial charge in [-0.15, -0.1) is 0 Å². The Morgan fingerprint density at radius 3 is 2.70 bits per heavy atom. The van der Waals surface area contributed by atoms with Crippen LogP contribution in [0.3, 0.4) is 0 Å². The summed E-state index contributed by atoms with van der Waals surface area (Å²) in [6, 6.07) is 5.76. The number of likely N-dealkylation sites (tertiary alicyclic amines) is 1. The molecule has 1 amide bonds. The van der Waals surface area contributed by atoms with Crippen LogP contribution in [0, 0.1) is 5.92 Å². The molecule has 2 aliphatic heterocycles. The number of carbonyl (C=O) groups excluding carboxylic acids is 1. The largest absolute Gasteiger partial charge is 0.493 e. The molecule has 0 bridgehead atoms. The normalized spacial score (nSPS) is 19.0. The Bertz CT molecular complexity index is 737. The number of piperidine rings is 1. The second-order valence-corrected chi connectivity index (χ2v) is 8.31. The first kappa shape index (κ1) is 19.8. The van der Waals surface area contributed by atoms with Crippen molar-refractivity contribution in [2.45, 2.75) is 39.5 Å². The number of rotatable bonds is 6. The van der Waals surface area contributed by atoms with Gasteiger partial charge in [-0.1, -0.05) is 19.9 Å². The van der Waals surface area contributed by atoms with E-state index < -0.39 is 0 Å². The van der Waals surface area contributed by atoms with Crippen molar-refractivity contribution >= 4 is 28.9 Å². The summed E-state index contributed by atoms with van der Waals surface area (Å²) >= 11 is 1.47. The van der Waals surface area contributed by atoms with Gasteiger partial charge in [0.2, 0.25) is 0 Å². The fraction of sp³-hybridized carbons (Fsp3) is 0.524. The second-order valence-electron chi connectivity index (χ2n) is 7.30. The summed E-state index contributed by atoms with van der Waals surface area (Å²) in [6.07, 6.45) is 6.48. The van der Waals surface area contributed by atoms with E-state index in [0.29, 0.717) is 23.2 Å². The number of hydrogen-bond donors (Lipinski definition) is 0. The summed E-state index contributed by atoms with van der Waals surface area (Å²) in [7, 11) is 1.63. The van der Waals surface area contributed by atoms with Gasteiger partial charge in [0.05, 0.1) is 18.6 Å². The van der Waals surface area contributed by atoms with E-state index in [1.54, 1.807) is 7.11 Å². The first-order chi connectivity index (χ1) is 13.1. The number of benzene rings is 1. The van der Waals surface area contributed by atoms with E-state index in [1.165, 1.54) is 31.0 Å². The highest BCUT2D eigenvalue weighted by Gasteiger charge is 2.26. The van der Waals surface area contributed by atoms with Crippen LogP contribution in [0.1, 0.15) is 45.1 Å². The van der Waals surface area contributed by atoms with Gasteiger partial charge in [0.15, 0.2) is 16.7 Å². The fourth-order valence-corrected chi connectivity index (χ4v) is 4.03. The van der Waals surface area contributed by atoms with Gasteiger partial charge in [0.1, 0.15) is 0 Å². The number of ether oxygens (including phenoxy) is 2. The Kier molecular flexibility index (Phi) is 6.83. The lowest BCUT2D eigenvalue weighted by Gasteiger charge is -2.27. The summed E-state index contributed by atoms with van der Waals surface area (Å²) in [4.78, 5) is 19.4. The number of nitrogens with zero attached hydrogens (tertiary/aromatic N) is 2. The van der Waals surface area contributed by atoms with E-state index >= 15 is 0 Å². The Labute approximate surface area is 165 Å². The number of aliphatic imine (C=N–C) groups is 1. The molecule has 0 aliphatic carbocycles. The predicted octanol–water partition coefficient (Wildman–Crippen LogP) is 4.58. The van der Waals surface area contributed by atoms with Crippen LogP contribution in [-0.2, 0) is 4.79 Å². The average molecular weight is 389 g/mol. The zero-order chi connectivity index (χ0) is 19.2. The van der Waals surface area contributed by atoms with Crippen LogP contribution in [0.2, 0.25) is 0 Å². The number of methoxy groups -OCH3 is 1. The maximum Gasteiger partial charge on any atom is 0.286 e. The highest BCUT2D eigenvalue weighted by Crippen LogP contribution is 2.34. The monoisotopic (exact) mass is 388 g/mol. The predicted molar refractivity (Wildman–Crippen MR) is 111 cm³/mol. The van der Waals surface area contributed by atoms with Crippen LogP contribution in [0.4, 0.5) is 0 Å². The molecule has 0 atom stereocenters. The molecular formula is C21H28N2O3S. The molecular weight excluding hydrogens is 360 g/mol. The maximum absolute atomic E-state index is 12.3. The van der Waals surface area contributed by atoms with Crippen molar-refractivity contribution in [3.63, 3.8) is 0 Å². The van der Waals surface area contributed by atoms with Crippen LogP contribution in [-0.4, -0.2) is 42.8 Å². The second kappa shape index (κ2) is 9.31. The molecule has 2 aliphatic rings. The van der Waals surface area contributed by atoms with Crippen molar-refractivity contribution in [1.82, 2.24) is 4.90 Å². The molecule has 0 unspecified atom stereocenters. The lowest BCUT2D eigenvalue weighted by Crippen LogP contribution is -2.33. The summed E-state index contributed by atoms with van der Waals surface area (Å²) in [5.41, 5.74) is 0.911. The van der Waals surface area contributed by atoms with Crippen molar-refractivity contribution in [3.8, 4) is 11.5 Å². The molecule has 2 heterocycles. The number of hydrogen-bond acceptors (Lipinski definition) is 5. The van der Waals surface area contributed by atoms with E-state index in [4.69, 9.17) is 9.47 Å². The standard InChI is InChI=1S/C21H28N2O3S/c1-15(2)9-12-26-17-8-7-16(13-18(17)25-3)14-19-20(24)22-21(27-19)23-10-5-4-6-11-23/h7-8,13-15H,4-6,9-12H2,1-3H3/b19-14-. The highest BCUT2D eigenvalue weighted by molar-refractivity contribution is 8.18. The molecule has 1 aromatic carbocycles. The third-order valence-electron chi connectivity index (χ3n) is 4.67. The van der Waals surface area contributed by atoms with Crippen molar-refractivity contribution in [2.75, 3.05) is 26.8 Å². The number of amidine groups is 1. The highest BCUT2D eigenvalue weighted by atomic mass is 32.2. The molecule has 6 heteroatoms. The Morgan fingerprint density at radius 1 is 1.22 bits per heavy atom. The van der Waals surface area contributed by atoms with Crippen molar-refractivity contribution in [2.24, 2.45) is 10.9 Å². The van der Waals surface area contributed by atoms with Gasteiger partial charge in [-0.3, -0.25) is 4.79 Å². The molecule has 146 valence electrons. The zero-order valence-electron chi connectivity index (χ0n) is 16.4. The van der Waals surface area contributed by atoms with Gasteiger partial charge in [-0.25, -0.2) is 0 Å². The van der Waals surface area contributed by atoms with E-state index in [1.807, 2.05) is 24.3 Å². The summed E-state index contributed by atoms with van der Waals surface area (Å²) in [5, 5.41) is 0.839. The molecule has 0 saturated carbocycles. The van der Waals surface area contributed by atoms with Crippen LogP contribution in [0.25, 0.3) is 6.08 Å².